The molecule has 116 valence electrons. The lowest BCUT2D eigenvalue weighted by Crippen LogP contribution is -2.57. The molecule has 0 saturated carbocycles. The fourth-order valence-electron chi connectivity index (χ4n) is 3.57. The summed E-state index contributed by atoms with van der Waals surface area (Å²) < 4.78 is 19.3. The van der Waals surface area contributed by atoms with Crippen LogP contribution in [-0.2, 0) is 0 Å². The number of benzene rings is 1. The highest BCUT2D eigenvalue weighted by molar-refractivity contribution is 6.05. The van der Waals surface area contributed by atoms with Crippen molar-refractivity contribution in [2.75, 3.05) is 25.4 Å². The molecule has 0 radical (unpaired) electrons. The minimum Gasteiger partial charge on any atom is -0.424 e. The predicted octanol–water partition coefficient (Wildman–Crippen LogP) is 1.37. The molecule has 3 aliphatic rings. The third-order valence-corrected chi connectivity index (χ3v) is 4.73. The zero-order valence-corrected chi connectivity index (χ0v) is 12.0. The Morgan fingerprint density at radius 2 is 2.18 bits per heavy atom. The first kappa shape index (κ1) is 13.5. The van der Waals surface area contributed by atoms with Gasteiger partial charge in [0.15, 0.2) is 5.58 Å². The lowest BCUT2D eigenvalue weighted by atomic mass is 9.84. The molecule has 1 atom stereocenters. The van der Waals surface area contributed by atoms with Gasteiger partial charge < -0.3 is 20.4 Å². The normalized spacial score (nSPS) is 27.2. The Hall–Kier alpha value is -2.15. The van der Waals surface area contributed by atoms with E-state index in [1.807, 2.05) is 0 Å². The molecule has 1 amide bonds. The minimum atomic E-state index is -0.612. The van der Waals surface area contributed by atoms with Crippen molar-refractivity contribution in [2.24, 2.45) is 5.92 Å². The zero-order valence-electron chi connectivity index (χ0n) is 12.0. The van der Waals surface area contributed by atoms with Crippen LogP contribution < -0.4 is 11.1 Å². The molecule has 0 spiro atoms. The molecule has 1 unspecified atom stereocenters. The molecule has 1 aromatic carbocycles. The van der Waals surface area contributed by atoms with Crippen LogP contribution >= 0.6 is 0 Å². The van der Waals surface area contributed by atoms with Crippen LogP contribution in [-0.4, -0.2) is 41.5 Å². The molecule has 1 aromatic heterocycles. The number of carbonyl (C=O) groups is 1. The van der Waals surface area contributed by atoms with Gasteiger partial charge in [-0.25, -0.2) is 4.39 Å². The van der Waals surface area contributed by atoms with E-state index in [0.29, 0.717) is 11.5 Å². The summed E-state index contributed by atoms with van der Waals surface area (Å²) in [4.78, 5) is 18.8. The van der Waals surface area contributed by atoms with Gasteiger partial charge in [-0.1, -0.05) is 0 Å². The number of oxazole rings is 1. The number of piperidine rings is 3. The SMILES string of the molecule is Nc1nc2c(C(=O)NC3CN4CCC3CC4)c(F)ccc2o1. The van der Waals surface area contributed by atoms with E-state index in [9.17, 15) is 9.18 Å². The summed E-state index contributed by atoms with van der Waals surface area (Å²) in [6.45, 7) is 3.00. The fourth-order valence-corrected chi connectivity index (χ4v) is 3.57. The Labute approximate surface area is 126 Å². The number of nitrogens with one attached hydrogen (secondary N) is 1. The van der Waals surface area contributed by atoms with Gasteiger partial charge in [0.1, 0.15) is 16.9 Å². The average Bonchev–Trinajstić information content (AvgIpc) is 2.88. The van der Waals surface area contributed by atoms with E-state index in [1.54, 1.807) is 0 Å². The van der Waals surface area contributed by atoms with Crippen molar-refractivity contribution in [2.45, 2.75) is 18.9 Å². The smallest absolute Gasteiger partial charge is 0.293 e. The second-order valence-electron chi connectivity index (χ2n) is 6.04. The number of nitrogens with zero attached hydrogens (tertiary/aromatic N) is 2. The molecule has 3 fully saturated rings. The Morgan fingerprint density at radius 3 is 2.86 bits per heavy atom. The van der Waals surface area contributed by atoms with Crippen molar-refractivity contribution >= 4 is 23.0 Å². The van der Waals surface area contributed by atoms with Gasteiger partial charge in [-0.3, -0.25) is 4.79 Å². The molecule has 0 aliphatic carbocycles. The molecule has 6 nitrogen and oxygen atoms in total. The van der Waals surface area contributed by atoms with E-state index in [2.05, 4.69) is 15.2 Å². The maximum absolute atomic E-state index is 14.1. The summed E-state index contributed by atoms with van der Waals surface area (Å²) in [6.07, 6.45) is 2.16. The van der Waals surface area contributed by atoms with Crippen LogP contribution in [0.4, 0.5) is 10.4 Å². The quantitative estimate of drug-likeness (QED) is 0.875. The average molecular weight is 304 g/mol. The van der Waals surface area contributed by atoms with Crippen molar-refractivity contribution in [3.05, 3.63) is 23.5 Å². The number of nitrogens with two attached hydrogens (primary N) is 1. The summed E-state index contributed by atoms with van der Waals surface area (Å²) in [5.41, 5.74) is 5.91. The number of carbonyl (C=O) groups excluding carboxylic acids is 1. The van der Waals surface area contributed by atoms with Crippen LogP contribution in [0.25, 0.3) is 11.1 Å². The van der Waals surface area contributed by atoms with Crippen molar-refractivity contribution in [1.82, 2.24) is 15.2 Å². The van der Waals surface area contributed by atoms with Gasteiger partial charge in [0, 0.05) is 12.6 Å². The van der Waals surface area contributed by atoms with Gasteiger partial charge >= 0.3 is 0 Å². The predicted molar refractivity (Wildman–Crippen MR) is 78.8 cm³/mol. The maximum Gasteiger partial charge on any atom is 0.293 e. The van der Waals surface area contributed by atoms with E-state index in [-0.39, 0.29) is 23.1 Å². The summed E-state index contributed by atoms with van der Waals surface area (Å²) in [7, 11) is 0. The largest absolute Gasteiger partial charge is 0.424 e. The van der Waals surface area contributed by atoms with Gasteiger partial charge in [0.2, 0.25) is 0 Å². The van der Waals surface area contributed by atoms with Gasteiger partial charge in [0.25, 0.3) is 11.9 Å². The standard InChI is InChI=1S/C15H17FN4O2/c16-9-1-2-11-13(19-15(17)22-11)12(9)14(21)18-10-7-20-5-3-8(10)4-6-20/h1-2,8,10H,3-7H2,(H2,17,19)(H,18,21). The summed E-state index contributed by atoms with van der Waals surface area (Å²) in [5, 5.41) is 2.97. The number of amides is 1. The van der Waals surface area contributed by atoms with Crippen molar-refractivity contribution in [3.63, 3.8) is 0 Å². The molecule has 22 heavy (non-hydrogen) atoms. The van der Waals surface area contributed by atoms with Crippen LogP contribution in [0.3, 0.4) is 0 Å². The van der Waals surface area contributed by atoms with Gasteiger partial charge in [-0.15, -0.1) is 0 Å². The van der Waals surface area contributed by atoms with Crippen molar-refractivity contribution in [1.29, 1.82) is 0 Å². The molecule has 2 bridgehead atoms. The van der Waals surface area contributed by atoms with E-state index < -0.39 is 11.7 Å². The van der Waals surface area contributed by atoms with Crippen LogP contribution in [0.1, 0.15) is 23.2 Å². The topological polar surface area (TPSA) is 84.4 Å². The summed E-state index contributed by atoms with van der Waals surface area (Å²) in [5.74, 6) is -0.590. The molecule has 4 heterocycles. The monoisotopic (exact) mass is 304 g/mol. The lowest BCUT2D eigenvalue weighted by Gasteiger charge is -2.44. The first-order valence-corrected chi connectivity index (χ1v) is 7.49. The fraction of sp³-hybridized carbons (Fsp3) is 0.467. The molecule has 3 aliphatic heterocycles. The second kappa shape index (κ2) is 4.95. The number of hydrogen-bond donors (Lipinski definition) is 2. The van der Waals surface area contributed by atoms with Crippen LogP contribution in [0.15, 0.2) is 16.5 Å². The van der Waals surface area contributed by atoms with Gasteiger partial charge in [-0.2, -0.15) is 4.98 Å². The Kier molecular flexibility index (Phi) is 3.04. The highest BCUT2D eigenvalue weighted by Gasteiger charge is 2.35. The van der Waals surface area contributed by atoms with E-state index >= 15 is 0 Å². The molecular weight excluding hydrogens is 287 g/mol. The number of anilines is 1. The number of fused-ring (bicyclic) bond motifs is 4. The molecule has 5 rings (SSSR count). The lowest BCUT2D eigenvalue weighted by molar-refractivity contribution is 0.0619. The Bertz CT molecular complexity index is 736. The number of halogens is 1. The van der Waals surface area contributed by atoms with Crippen molar-refractivity contribution < 1.29 is 13.6 Å². The van der Waals surface area contributed by atoms with Crippen molar-refractivity contribution in [3.8, 4) is 0 Å². The number of aromatic nitrogens is 1. The number of rotatable bonds is 2. The third kappa shape index (κ3) is 2.12. The van der Waals surface area contributed by atoms with E-state index in [1.165, 1.54) is 12.1 Å². The second-order valence-corrected chi connectivity index (χ2v) is 6.04. The first-order valence-electron chi connectivity index (χ1n) is 7.49. The van der Waals surface area contributed by atoms with Crippen LogP contribution in [0.2, 0.25) is 0 Å². The third-order valence-electron chi connectivity index (χ3n) is 4.73. The molecule has 3 N–H and O–H groups in total. The van der Waals surface area contributed by atoms with Crippen LogP contribution in [0, 0.1) is 11.7 Å². The highest BCUT2D eigenvalue weighted by Crippen LogP contribution is 2.29. The van der Waals surface area contributed by atoms with Gasteiger partial charge in [-0.05, 0) is 44.0 Å². The molecular formula is C15H17FN4O2. The maximum atomic E-state index is 14.1. The van der Waals surface area contributed by atoms with E-state index in [0.717, 1.165) is 32.5 Å². The zero-order chi connectivity index (χ0) is 15.3. The number of hydrogen-bond acceptors (Lipinski definition) is 5. The molecule has 2 aromatic rings. The Balaban J connectivity index is 1.64. The minimum absolute atomic E-state index is 0.0638. The molecule has 3 saturated heterocycles. The number of nitrogen functional groups attached to an aromatic ring is 1. The summed E-state index contributed by atoms with van der Waals surface area (Å²) in [6, 6.07) is 2.63. The Morgan fingerprint density at radius 1 is 1.41 bits per heavy atom. The summed E-state index contributed by atoms with van der Waals surface area (Å²) >= 11 is 0. The van der Waals surface area contributed by atoms with Gasteiger partial charge in [0.05, 0.1) is 0 Å². The molecule has 7 heteroatoms. The first-order chi connectivity index (χ1) is 10.6. The van der Waals surface area contributed by atoms with E-state index in [4.69, 9.17) is 10.2 Å². The van der Waals surface area contributed by atoms with Crippen LogP contribution in [0.5, 0.6) is 0 Å². The highest BCUT2D eigenvalue weighted by atomic mass is 19.1.